The molecule has 1 aliphatic rings. The van der Waals surface area contributed by atoms with Crippen LogP contribution in [0.25, 0.3) is 10.8 Å². The highest BCUT2D eigenvalue weighted by atomic mass is 16.2. The number of carbonyl (C=O) groups excluding carboxylic acids is 1. The molecule has 0 atom stereocenters. The molecule has 0 bridgehead atoms. The number of rotatable bonds is 6. The lowest BCUT2D eigenvalue weighted by atomic mass is 10.2. The smallest absolute Gasteiger partial charge is 0.273 e. The maximum Gasteiger partial charge on any atom is 0.273 e. The predicted octanol–water partition coefficient (Wildman–Crippen LogP) is 0.757. The molecule has 3 heterocycles. The molecular formula is C20H24N6O3. The van der Waals surface area contributed by atoms with Crippen LogP contribution >= 0.6 is 0 Å². The zero-order valence-corrected chi connectivity index (χ0v) is 16.2. The molecule has 2 N–H and O–H groups in total. The molecule has 3 aromatic rings. The van der Waals surface area contributed by atoms with Crippen molar-refractivity contribution in [3.63, 3.8) is 0 Å². The molecule has 2 aromatic heterocycles. The normalized spacial score (nSPS) is 13.8. The Hall–Kier alpha value is -3.23. The zero-order chi connectivity index (χ0) is 20.2. The molecule has 0 spiro atoms. The Labute approximate surface area is 166 Å². The van der Waals surface area contributed by atoms with E-state index in [1.54, 1.807) is 24.3 Å². The van der Waals surface area contributed by atoms with Gasteiger partial charge in [0.05, 0.1) is 17.3 Å². The topological polar surface area (TPSA) is 115 Å². The van der Waals surface area contributed by atoms with Crippen LogP contribution in [-0.4, -0.2) is 37.0 Å². The molecule has 0 aliphatic carbocycles. The van der Waals surface area contributed by atoms with Crippen LogP contribution < -0.4 is 16.4 Å². The Morgan fingerprint density at radius 1 is 1.10 bits per heavy atom. The van der Waals surface area contributed by atoms with Crippen molar-refractivity contribution in [2.75, 3.05) is 6.54 Å². The van der Waals surface area contributed by atoms with Crippen LogP contribution in [0, 0.1) is 0 Å². The van der Waals surface area contributed by atoms with Gasteiger partial charge in [0.15, 0.2) is 0 Å². The first-order chi connectivity index (χ1) is 14.1. The van der Waals surface area contributed by atoms with Gasteiger partial charge in [0.1, 0.15) is 11.6 Å². The van der Waals surface area contributed by atoms with E-state index in [1.165, 1.54) is 11.1 Å². The Morgan fingerprint density at radius 3 is 2.79 bits per heavy atom. The summed E-state index contributed by atoms with van der Waals surface area (Å²) in [6.07, 6.45) is 5.15. The fourth-order valence-corrected chi connectivity index (χ4v) is 3.75. The molecule has 1 aliphatic heterocycles. The SMILES string of the molecule is O=C(CCn1[nH]c(=O)c2ccccc2c1=O)NCCc1nnc2n1CCCCC2. The van der Waals surface area contributed by atoms with E-state index in [4.69, 9.17) is 0 Å². The van der Waals surface area contributed by atoms with Gasteiger partial charge in [0.25, 0.3) is 11.1 Å². The van der Waals surface area contributed by atoms with Crippen molar-refractivity contribution >= 4 is 16.7 Å². The largest absolute Gasteiger partial charge is 0.356 e. The van der Waals surface area contributed by atoms with E-state index < -0.39 is 0 Å². The highest BCUT2D eigenvalue weighted by molar-refractivity contribution is 5.80. The van der Waals surface area contributed by atoms with Crippen molar-refractivity contribution in [2.45, 2.75) is 51.6 Å². The average Bonchev–Trinajstić information content (AvgIpc) is 2.95. The highest BCUT2D eigenvalue weighted by Crippen LogP contribution is 2.14. The number of hydrogen-bond donors (Lipinski definition) is 2. The molecule has 0 saturated heterocycles. The molecule has 29 heavy (non-hydrogen) atoms. The highest BCUT2D eigenvalue weighted by Gasteiger charge is 2.14. The molecule has 0 radical (unpaired) electrons. The summed E-state index contributed by atoms with van der Waals surface area (Å²) < 4.78 is 3.36. The quantitative estimate of drug-likeness (QED) is 0.638. The van der Waals surface area contributed by atoms with Crippen molar-refractivity contribution in [3.8, 4) is 0 Å². The Balaban J connectivity index is 1.33. The van der Waals surface area contributed by atoms with E-state index in [0.29, 0.717) is 23.7 Å². The van der Waals surface area contributed by atoms with Crippen molar-refractivity contribution in [2.24, 2.45) is 0 Å². The summed E-state index contributed by atoms with van der Waals surface area (Å²) in [5.41, 5.74) is -0.646. The number of nitrogens with one attached hydrogen (secondary N) is 2. The van der Waals surface area contributed by atoms with E-state index in [9.17, 15) is 14.4 Å². The number of nitrogens with zero attached hydrogens (tertiary/aromatic N) is 4. The Kier molecular flexibility index (Phi) is 5.55. The van der Waals surface area contributed by atoms with Gasteiger partial charge in [-0.25, -0.2) is 4.68 Å². The minimum atomic E-state index is -0.340. The van der Waals surface area contributed by atoms with Gasteiger partial charge >= 0.3 is 0 Å². The van der Waals surface area contributed by atoms with Crippen LogP contribution in [0.3, 0.4) is 0 Å². The number of H-pyrrole nitrogens is 1. The number of aromatic nitrogens is 5. The number of benzene rings is 1. The molecule has 0 saturated carbocycles. The van der Waals surface area contributed by atoms with Gasteiger partial charge in [-0.2, -0.15) is 0 Å². The number of amides is 1. The van der Waals surface area contributed by atoms with Crippen LogP contribution in [0.15, 0.2) is 33.9 Å². The fraction of sp³-hybridized carbons (Fsp3) is 0.450. The lowest BCUT2D eigenvalue weighted by molar-refractivity contribution is -0.121. The first-order valence-corrected chi connectivity index (χ1v) is 10.0. The number of carbonyl (C=O) groups is 1. The monoisotopic (exact) mass is 396 g/mol. The summed E-state index contributed by atoms with van der Waals surface area (Å²) in [7, 11) is 0. The molecular weight excluding hydrogens is 372 g/mol. The summed E-state index contributed by atoms with van der Waals surface area (Å²) >= 11 is 0. The van der Waals surface area contributed by atoms with Crippen LogP contribution in [0.4, 0.5) is 0 Å². The first kappa shape index (κ1) is 19.1. The third-order valence-electron chi connectivity index (χ3n) is 5.30. The number of aryl methyl sites for hydroxylation is 2. The lowest BCUT2D eigenvalue weighted by Crippen LogP contribution is -2.33. The molecule has 9 nitrogen and oxygen atoms in total. The van der Waals surface area contributed by atoms with Gasteiger partial charge in [-0.1, -0.05) is 18.6 Å². The third kappa shape index (κ3) is 4.13. The number of aromatic amines is 1. The molecule has 9 heteroatoms. The molecule has 1 amide bonds. The van der Waals surface area contributed by atoms with Crippen molar-refractivity contribution in [1.29, 1.82) is 0 Å². The molecule has 0 unspecified atom stereocenters. The van der Waals surface area contributed by atoms with E-state index in [0.717, 1.165) is 37.5 Å². The summed E-state index contributed by atoms with van der Waals surface area (Å²) in [5.74, 6) is 1.75. The molecule has 4 rings (SSSR count). The summed E-state index contributed by atoms with van der Waals surface area (Å²) in [6, 6.07) is 6.65. The first-order valence-electron chi connectivity index (χ1n) is 10.0. The lowest BCUT2D eigenvalue weighted by Gasteiger charge is -2.09. The Morgan fingerprint density at radius 2 is 1.93 bits per heavy atom. The summed E-state index contributed by atoms with van der Waals surface area (Å²) in [4.78, 5) is 36.8. The minimum Gasteiger partial charge on any atom is -0.356 e. The third-order valence-corrected chi connectivity index (χ3v) is 5.30. The van der Waals surface area contributed by atoms with Gasteiger partial charge in [-0.3, -0.25) is 19.5 Å². The van der Waals surface area contributed by atoms with E-state index in [2.05, 4.69) is 25.2 Å². The van der Waals surface area contributed by atoms with Gasteiger partial charge in [0.2, 0.25) is 5.91 Å². The summed E-state index contributed by atoms with van der Waals surface area (Å²) in [5, 5.41) is 14.6. The van der Waals surface area contributed by atoms with E-state index in [1.807, 2.05) is 0 Å². The van der Waals surface area contributed by atoms with Gasteiger partial charge in [0, 0.05) is 32.4 Å². The van der Waals surface area contributed by atoms with Crippen LogP contribution in [0.1, 0.15) is 37.3 Å². The van der Waals surface area contributed by atoms with Crippen molar-refractivity contribution in [3.05, 3.63) is 56.6 Å². The molecule has 152 valence electrons. The zero-order valence-electron chi connectivity index (χ0n) is 16.2. The van der Waals surface area contributed by atoms with Gasteiger partial charge < -0.3 is 9.88 Å². The maximum atomic E-state index is 12.5. The van der Waals surface area contributed by atoms with E-state index >= 15 is 0 Å². The van der Waals surface area contributed by atoms with Crippen LogP contribution in [0.5, 0.6) is 0 Å². The Bertz CT molecular complexity index is 1140. The van der Waals surface area contributed by atoms with E-state index in [-0.39, 0.29) is 30.0 Å². The van der Waals surface area contributed by atoms with Gasteiger partial charge in [-0.05, 0) is 25.0 Å². The number of fused-ring (bicyclic) bond motifs is 2. The van der Waals surface area contributed by atoms with Crippen LogP contribution in [-0.2, 0) is 30.7 Å². The minimum absolute atomic E-state index is 0.103. The fourth-order valence-electron chi connectivity index (χ4n) is 3.75. The van der Waals surface area contributed by atoms with Crippen LogP contribution in [0.2, 0.25) is 0 Å². The second-order valence-corrected chi connectivity index (χ2v) is 7.29. The second kappa shape index (κ2) is 8.42. The predicted molar refractivity (Wildman–Crippen MR) is 108 cm³/mol. The van der Waals surface area contributed by atoms with Crippen molar-refractivity contribution in [1.82, 2.24) is 29.9 Å². The van der Waals surface area contributed by atoms with Crippen molar-refractivity contribution < 1.29 is 4.79 Å². The maximum absolute atomic E-state index is 12.5. The second-order valence-electron chi connectivity index (χ2n) is 7.29. The molecule has 1 aromatic carbocycles. The molecule has 0 fully saturated rings. The summed E-state index contributed by atoms with van der Waals surface area (Å²) in [6.45, 7) is 1.51. The standard InChI is InChI=1S/C20H24N6O3/c27-18(21-11-9-17-23-22-16-8-2-1-5-12-25(16)17)10-13-26-20(29)15-7-4-3-6-14(15)19(28)24-26/h3-4,6-7H,1-2,5,8-13H2,(H,21,27)(H,24,28). The number of hydrogen-bond acceptors (Lipinski definition) is 5. The van der Waals surface area contributed by atoms with Gasteiger partial charge in [-0.15, -0.1) is 10.2 Å². The average molecular weight is 396 g/mol.